The van der Waals surface area contributed by atoms with E-state index in [2.05, 4.69) is 29.6 Å². The van der Waals surface area contributed by atoms with E-state index in [0.717, 1.165) is 38.6 Å². The normalized spacial score (nSPS) is 16.4. The molecule has 100 valence electrons. The van der Waals surface area contributed by atoms with E-state index in [1.165, 1.54) is 12.8 Å². The Balaban J connectivity index is 1.95. The maximum atomic E-state index is 5.54. The first-order valence-electron chi connectivity index (χ1n) is 6.55. The lowest BCUT2D eigenvalue weighted by molar-refractivity contribution is 0.123. The number of nitrogens with two attached hydrogens (primary N) is 1. The molecular formula is C12H26N4O. The van der Waals surface area contributed by atoms with E-state index in [-0.39, 0.29) is 0 Å². The van der Waals surface area contributed by atoms with E-state index in [1.54, 1.807) is 0 Å². The van der Waals surface area contributed by atoms with Crippen LogP contribution in [0.1, 0.15) is 33.1 Å². The highest BCUT2D eigenvalue weighted by Gasteiger charge is 2.20. The van der Waals surface area contributed by atoms with Crippen LogP contribution in [0, 0.1) is 11.8 Å². The molecule has 1 saturated carbocycles. The molecule has 5 heteroatoms. The van der Waals surface area contributed by atoms with Crippen molar-refractivity contribution >= 4 is 5.96 Å². The summed E-state index contributed by atoms with van der Waals surface area (Å²) in [4.78, 5) is 4.33. The van der Waals surface area contributed by atoms with Gasteiger partial charge in [-0.05, 0) is 31.1 Å². The average Bonchev–Trinajstić information content (AvgIpc) is 3.10. The molecule has 1 aliphatic carbocycles. The Morgan fingerprint density at radius 1 is 1.47 bits per heavy atom. The molecule has 0 saturated heterocycles. The lowest BCUT2D eigenvalue weighted by Gasteiger charge is -2.10. The van der Waals surface area contributed by atoms with Gasteiger partial charge < -0.3 is 10.1 Å². The molecule has 1 fully saturated rings. The first-order valence-corrected chi connectivity index (χ1v) is 6.55. The molecule has 0 radical (unpaired) electrons. The van der Waals surface area contributed by atoms with E-state index in [4.69, 9.17) is 10.6 Å². The van der Waals surface area contributed by atoms with Crippen molar-refractivity contribution in [3.63, 3.8) is 0 Å². The zero-order valence-corrected chi connectivity index (χ0v) is 11.0. The van der Waals surface area contributed by atoms with Crippen molar-refractivity contribution in [1.29, 1.82) is 0 Å². The molecule has 4 N–H and O–H groups in total. The summed E-state index contributed by atoms with van der Waals surface area (Å²) >= 11 is 0. The second-order valence-electron chi connectivity index (χ2n) is 5.03. The molecule has 0 amide bonds. The fourth-order valence-electron chi connectivity index (χ4n) is 1.34. The number of rotatable bonds is 8. The summed E-state index contributed by atoms with van der Waals surface area (Å²) in [6.45, 7) is 7.62. The largest absolute Gasteiger partial charge is 0.381 e. The van der Waals surface area contributed by atoms with Gasteiger partial charge in [-0.2, -0.15) is 0 Å². The number of hydrogen-bond acceptors (Lipinski definition) is 3. The van der Waals surface area contributed by atoms with Crippen LogP contribution >= 0.6 is 0 Å². The number of hydrazine groups is 1. The van der Waals surface area contributed by atoms with Crippen LogP contribution in [0.4, 0.5) is 0 Å². The van der Waals surface area contributed by atoms with Crippen LogP contribution in [0.15, 0.2) is 4.99 Å². The van der Waals surface area contributed by atoms with Crippen LogP contribution in [0.2, 0.25) is 0 Å². The van der Waals surface area contributed by atoms with Gasteiger partial charge in [-0.25, -0.2) is 5.84 Å². The quantitative estimate of drug-likeness (QED) is 0.194. The summed E-state index contributed by atoms with van der Waals surface area (Å²) in [5.41, 5.74) is 2.57. The molecule has 0 bridgehead atoms. The summed E-state index contributed by atoms with van der Waals surface area (Å²) in [6.07, 6.45) is 3.68. The fraction of sp³-hybridized carbons (Fsp3) is 0.917. The van der Waals surface area contributed by atoms with Crippen molar-refractivity contribution in [3.8, 4) is 0 Å². The van der Waals surface area contributed by atoms with E-state index in [9.17, 15) is 0 Å². The highest BCUT2D eigenvalue weighted by atomic mass is 16.5. The second kappa shape index (κ2) is 8.31. The van der Waals surface area contributed by atoms with Crippen LogP contribution in [0.25, 0.3) is 0 Å². The lowest BCUT2D eigenvalue weighted by atomic mass is 10.2. The predicted molar refractivity (Wildman–Crippen MR) is 70.6 cm³/mol. The zero-order valence-electron chi connectivity index (χ0n) is 11.0. The molecule has 17 heavy (non-hydrogen) atoms. The van der Waals surface area contributed by atoms with Crippen molar-refractivity contribution < 1.29 is 4.74 Å². The third kappa shape index (κ3) is 7.99. The van der Waals surface area contributed by atoms with Gasteiger partial charge in [0.1, 0.15) is 0 Å². The number of nitrogens with one attached hydrogen (secondary N) is 2. The molecule has 0 aromatic rings. The number of hydrogen-bond donors (Lipinski definition) is 3. The SMILES string of the molecule is CC(C)CN=C(NN)NCCCOCC1CC1. The van der Waals surface area contributed by atoms with Crippen LogP contribution in [-0.4, -0.2) is 32.3 Å². The smallest absolute Gasteiger partial charge is 0.205 e. The molecule has 0 unspecified atom stereocenters. The molecule has 1 rings (SSSR count). The monoisotopic (exact) mass is 242 g/mol. The Hall–Kier alpha value is -0.810. The molecule has 0 atom stereocenters. The van der Waals surface area contributed by atoms with Gasteiger partial charge in [-0.15, -0.1) is 0 Å². The molecule has 0 heterocycles. The van der Waals surface area contributed by atoms with E-state index >= 15 is 0 Å². The first-order chi connectivity index (χ1) is 8.22. The minimum atomic E-state index is 0.544. The van der Waals surface area contributed by atoms with Crippen LogP contribution in [0.3, 0.4) is 0 Å². The van der Waals surface area contributed by atoms with E-state index in [1.807, 2.05) is 0 Å². The minimum Gasteiger partial charge on any atom is -0.381 e. The molecular weight excluding hydrogens is 216 g/mol. The highest BCUT2D eigenvalue weighted by Crippen LogP contribution is 2.28. The molecule has 0 aromatic heterocycles. The van der Waals surface area contributed by atoms with Crippen molar-refractivity contribution in [2.45, 2.75) is 33.1 Å². The Labute approximate surface area is 104 Å². The average molecular weight is 242 g/mol. The number of aliphatic imine (C=N–C) groups is 1. The predicted octanol–water partition coefficient (Wildman–Crippen LogP) is 0.868. The van der Waals surface area contributed by atoms with Crippen LogP contribution < -0.4 is 16.6 Å². The molecule has 0 spiro atoms. The highest BCUT2D eigenvalue weighted by molar-refractivity contribution is 5.79. The zero-order chi connectivity index (χ0) is 12.5. The van der Waals surface area contributed by atoms with Gasteiger partial charge in [-0.1, -0.05) is 13.8 Å². The molecule has 0 aliphatic heterocycles. The number of ether oxygens (including phenoxy) is 1. The number of nitrogens with zero attached hydrogens (tertiary/aromatic N) is 1. The Kier molecular flexibility index (Phi) is 6.96. The van der Waals surface area contributed by atoms with Crippen LogP contribution in [0.5, 0.6) is 0 Å². The topological polar surface area (TPSA) is 71.7 Å². The van der Waals surface area contributed by atoms with Gasteiger partial charge in [0.05, 0.1) is 0 Å². The third-order valence-corrected chi connectivity index (χ3v) is 2.56. The second-order valence-corrected chi connectivity index (χ2v) is 5.03. The maximum absolute atomic E-state index is 5.54. The Morgan fingerprint density at radius 2 is 2.24 bits per heavy atom. The summed E-state index contributed by atoms with van der Waals surface area (Å²) in [7, 11) is 0. The summed E-state index contributed by atoms with van der Waals surface area (Å²) in [5, 5.41) is 3.16. The van der Waals surface area contributed by atoms with Crippen molar-refractivity contribution in [1.82, 2.24) is 10.7 Å². The number of guanidine groups is 1. The molecule has 1 aliphatic rings. The minimum absolute atomic E-state index is 0.544. The first kappa shape index (κ1) is 14.3. The van der Waals surface area contributed by atoms with Gasteiger partial charge in [0, 0.05) is 26.3 Å². The summed E-state index contributed by atoms with van der Waals surface area (Å²) in [6, 6.07) is 0. The van der Waals surface area contributed by atoms with E-state index in [0.29, 0.717) is 11.9 Å². The Bertz CT molecular complexity index is 227. The fourth-order valence-corrected chi connectivity index (χ4v) is 1.34. The summed E-state index contributed by atoms with van der Waals surface area (Å²) < 4.78 is 5.54. The van der Waals surface area contributed by atoms with Gasteiger partial charge in [-0.3, -0.25) is 10.4 Å². The summed E-state index contributed by atoms with van der Waals surface area (Å²) in [5.74, 6) is 7.43. The van der Waals surface area contributed by atoms with Crippen molar-refractivity contribution in [2.75, 3.05) is 26.3 Å². The van der Waals surface area contributed by atoms with Gasteiger partial charge in [0.15, 0.2) is 0 Å². The Morgan fingerprint density at radius 3 is 2.82 bits per heavy atom. The molecule has 0 aromatic carbocycles. The lowest BCUT2D eigenvalue weighted by Crippen LogP contribution is -2.42. The third-order valence-electron chi connectivity index (χ3n) is 2.56. The van der Waals surface area contributed by atoms with Crippen molar-refractivity contribution in [3.05, 3.63) is 0 Å². The standard InChI is InChI=1S/C12H26N4O/c1-10(2)8-15-12(16-13)14-6-3-7-17-9-11-4-5-11/h10-11H,3-9,13H2,1-2H3,(H2,14,15,16). The van der Waals surface area contributed by atoms with Gasteiger partial charge in [0.2, 0.25) is 5.96 Å². The molecule has 5 nitrogen and oxygen atoms in total. The van der Waals surface area contributed by atoms with Gasteiger partial charge in [0.25, 0.3) is 0 Å². The van der Waals surface area contributed by atoms with E-state index < -0.39 is 0 Å². The van der Waals surface area contributed by atoms with Crippen molar-refractivity contribution in [2.24, 2.45) is 22.7 Å². The maximum Gasteiger partial charge on any atom is 0.205 e. The van der Waals surface area contributed by atoms with Gasteiger partial charge >= 0.3 is 0 Å². The van der Waals surface area contributed by atoms with Crippen LogP contribution in [-0.2, 0) is 4.74 Å².